The van der Waals surface area contributed by atoms with E-state index in [0.717, 1.165) is 0 Å². The van der Waals surface area contributed by atoms with E-state index in [9.17, 15) is 29.8 Å². The number of nitrogens with zero attached hydrogens (tertiary/aromatic N) is 2. The van der Waals surface area contributed by atoms with Crippen LogP contribution in [0.15, 0.2) is 21.8 Å². The normalized spacial score (nSPS) is 13.6. The largest absolute Gasteiger partial charge is 0.475 e. The fourth-order valence-corrected chi connectivity index (χ4v) is 3.48. The minimum Gasteiger partial charge on any atom is -0.426 e. The minimum atomic E-state index is -1.72. The van der Waals surface area contributed by atoms with Gasteiger partial charge in [-0.3, -0.25) is 9.59 Å². The molecule has 11 nitrogen and oxygen atoms in total. The second kappa shape index (κ2) is 12.9. The third kappa shape index (κ3) is 9.81. The second-order valence-corrected chi connectivity index (χ2v) is 8.05. The standard InChI is InChI=1S/C17H28BN5O6S/c1-11(2)8-15(18(26)27)21-16(25)12(9-14(24)13-5-7-30-10-13)4-3-6-20-17(19)22-23(28)29/h5,7,10-12,15,26-27H,3-4,6,8-9H2,1-2H3,(H,21,25)(H3,19,20,22)/t12-,15+/m1/s1. The van der Waals surface area contributed by atoms with Gasteiger partial charge in [0.15, 0.2) is 10.8 Å². The Labute approximate surface area is 179 Å². The fraction of sp³-hybridized carbons (Fsp3) is 0.588. The minimum absolute atomic E-state index is 0.0508. The molecule has 0 aromatic carbocycles. The average Bonchev–Trinajstić information content (AvgIpc) is 3.17. The molecular formula is C17H28BN5O6S. The van der Waals surface area contributed by atoms with E-state index in [1.807, 2.05) is 13.8 Å². The molecule has 1 rings (SSSR count). The average molecular weight is 441 g/mol. The van der Waals surface area contributed by atoms with Gasteiger partial charge in [-0.2, -0.15) is 11.3 Å². The van der Waals surface area contributed by atoms with Crippen LogP contribution in [0.25, 0.3) is 0 Å². The molecule has 0 saturated carbocycles. The number of aliphatic imine (C=N–C) groups is 1. The summed E-state index contributed by atoms with van der Waals surface area (Å²) in [6.45, 7) is 3.90. The smallest absolute Gasteiger partial charge is 0.426 e. The number of nitrogens with one attached hydrogen (secondary N) is 2. The maximum atomic E-state index is 12.8. The van der Waals surface area contributed by atoms with Crippen molar-refractivity contribution >= 4 is 36.1 Å². The number of hydrogen-bond donors (Lipinski definition) is 5. The first kappa shape index (κ1) is 25.5. The molecule has 0 aliphatic rings. The van der Waals surface area contributed by atoms with Crippen LogP contribution in [0.4, 0.5) is 0 Å². The lowest BCUT2D eigenvalue weighted by Crippen LogP contribution is -2.49. The third-order valence-electron chi connectivity index (χ3n) is 4.26. The summed E-state index contributed by atoms with van der Waals surface area (Å²) >= 11 is 1.37. The van der Waals surface area contributed by atoms with Gasteiger partial charge >= 0.3 is 7.12 Å². The lowest BCUT2D eigenvalue weighted by Gasteiger charge is -2.23. The molecule has 1 amide bonds. The van der Waals surface area contributed by atoms with Crippen molar-refractivity contribution in [1.82, 2.24) is 10.7 Å². The second-order valence-electron chi connectivity index (χ2n) is 7.27. The van der Waals surface area contributed by atoms with Crippen LogP contribution in [0.1, 0.15) is 49.9 Å². The van der Waals surface area contributed by atoms with Crippen molar-refractivity contribution in [2.24, 2.45) is 22.6 Å². The highest BCUT2D eigenvalue weighted by atomic mass is 32.1. The molecule has 13 heteroatoms. The van der Waals surface area contributed by atoms with Crippen LogP contribution >= 0.6 is 11.3 Å². The Balaban J connectivity index is 2.79. The first-order valence-electron chi connectivity index (χ1n) is 9.53. The molecule has 0 fully saturated rings. The number of nitrogens with two attached hydrogens (primary N) is 1. The number of rotatable bonds is 13. The van der Waals surface area contributed by atoms with Crippen molar-refractivity contribution in [3.63, 3.8) is 0 Å². The van der Waals surface area contributed by atoms with Gasteiger partial charge in [-0.05, 0) is 36.6 Å². The molecule has 6 N–H and O–H groups in total. The third-order valence-corrected chi connectivity index (χ3v) is 4.94. The molecule has 0 saturated heterocycles. The number of ketones is 1. The maximum absolute atomic E-state index is 12.8. The van der Waals surface area contributed by atoms with E-state index < -0.39 is 29.9 Å². The zero-order chi connectivity index (χ0) is 22.7. The lowest BCUT2D eigenvalue weighted by atomic mass is 9.74. The molecule has 0 spiro atoms. The van der Waals surface area contributed by atoms with Crippen molar-refractivity contribution in [3.8, 4) is 0 Å². The van der Waals surface area contributed by atoms with Crippen molar-refractivity contribution in [1.29, 1.82) is 0 Å². The van der Waals surface area contributed by atoms with Crippen LogP contribution in [0.5, 0.6) is 0 Å². The van der Waals surface area contributed by atoms with Gasteiger partial charge in [0.05, 0.1) is 5.94 Å². The number of thiophene rings is 1. The van der Waals surface area contributed by atoms with Gasteiger partial charge in [0.25, 0.3) is 5.96 Å². The quantitative estimate of drug-likeness (QED) is 0.0553. The van der Waals surface area contributed by atoms with Gasteiger partial charge in [-0.25, -0.2) is 15.1 Å². The Bertz CT molecular complexity index is 728. The molecule has 0 unspecified atom stereocenters. The Morgan fingerprint density at radius 1 is 1.40 bits per heavy atom. The summed E-state index contributed by atoms with van der Waals surface area (Å²) in [6.07, 6.45) is 0.936. The molecule has 1 aromatic heterocycles. The summed E-state index contributed by atoms with van der Waals surface area (Å²) in [5.74, 6) is -2.46. The Kier molecular flexibility index (Phi) is 11.0. The van der Waals surface area contributed by atoms with E-state index in [4.69, 9.17) is 5.73 Å². The SMILES string of the molecule is CC(C)C[C@H](NC(=O)[C@H](CCCN=C(N)N[N+](=O)[O-])CC(=O)c1ccsc1)B(O)O. The van der Waals surface area contributed by atoms with E-state index in [-0.39, 0.29) is 37.0 Å². The molecule has 0 bridgehead atoms. The van der Waals surface area contributed by atoms with E-state index in [0.29, 0.717) is 18.4 Å². The van der Waals surface area contributed by atoms with Crippen LogP contribution in [0.2, 0.25) is 0 Å². The fourth-order valence-electron chi connectivity index (χ4n) is 2.82. The molecule has 1 aromatic rings. The Morgan fingerprint density at radius 2 is 2.10 bits per heavy atom. The van der Waals surface area contributed by atoms with Gasteiger partial charge in [0, 0.05) is 29.8 Å². The van der Waals surface area contributed by atoms with Gasteiger partial charge < -0.3 is 21.1 Å². The number of hydrazine groups is 1. The number of carbonyl (C=O) groups is 2. The van der Waals surface area contributed by atoms with Crippen molar-refractivity contribution in [2.75, 3.05) is 6.54 Å². The van der Waals surface area contributed by atoms with Crippen LogP contribution in [0.3, 0.4) is 0 Å². The van der Waals surface area contributed by atoms with Gasteiger partial charge in [-0.15, -0.1) is 0 Å². The van der Waals surface area contributed by atoms with Crippen LogP contribution in [-0.4, -0.2) is 52.3 Å². The molecule has 166 valence electrons. The summed E-state index contributed by atoms with van der Waals surface area (Å²) in [5.41, 5.74) is 7.58. The summed E-state index contributed by atoms with van der Waals surface area (Å²) in [4.78, 5) is 39.4. The zero-order valence-electron chi connectivity index (χ0n) is 17.0. The first-order chi connectivity index (χ1) is 14.1. The summed E-state index contributed by atoms with van der Waals surface area (Å²) < 4.78 is 0. The van der Waals surface area contributed by atoms with E-state index in [1.165, 1.54) is 11.3 Å². The maximum Gasteiger partial charge on any atom is 0.475 e. The monoisotopic (exact) mass is 441 g/mol. The summed E-state index contributed by atoms with van der Waals surface area (Å²) in [7, 11) is -1.72. The van der Waals surface area contributed by atoms with Crippen LogP contribution in [-0.2, 0) is 4.79 Å². The number of hydrogen-bond acceptors (Lipinski definition) is 8. The van der Waals surface area contributed by atoms with Crippen molar-refractivity contribution in [2.45, 2.75) is 45.5 Å². The molecular weight excluding hydrogens is 413 g/mol. The Morgan fingerprint density at radius 3 is 2.63 bits per heavy atom. The van der Waals surface area contributed by atoms with Gasteiger partial charge in [0.1, 0.15) is 0 Å². The highest BCUT2D eigenvalue weighted by Gasteiger charge is 2.30. The molecule has 30 heavy (non-hydrogen) atoms. The predicted octanol–water partition coefficient (Wildman–Crippen LogP) is 0.356. The van der Waals surface area contributed by atoms with E-state index in [1.54, 1.807) is 22.3 Å². The van der Waals surface area contributed by atoms with Crippen molar-refractivity contribution in [3.05, 3.63) is 32.5 Å². The number of carbonyl (C=O) groups excluding carboxylic acids is 2. The summed E-state index contributed by atoms with van der Waals surface area (Å²) in [5, 5.41) is 34.7. The molecule has 2 atom stereocenters. The molecule has 0 radical (unpaired) electrons. The Hall–Kier alpha value is -2.51. The summed E-state index contributed by atoms with van der Waals surface area (Å²) in [6, 6.07) is 1.68. The number of Topliss-reactive ketones (excluding diaryl/α,β-unsaturated/α-hetero) is 1. The van der Waals surface area contributed by atoms with Gasteiger partial charge in [0.2, 0.25) is 5.91 Å². The first-order valence-corrected chi connectivity index (χ1v) is 10.5. The zero-order valence-corrected chi connectivity index (χ0v) is 17.8. The molecule has 0 aliphatic heterocycles. The van der Waals surface area contributed by atoms with Gasteiger partial charge in [-0.1, -0.05) is 19.3 Å². The lowest BCUT2D eigenvalue weighted by molar-refractivity contribution is -0.525. The highest BCUT2D eigenvalue weighted by molar-refractivity contribution is 7.08. The number of nitro groups is 1. The number of amides is 1. The predicted molar refractivity (Wildman–Crippen MR) is 114 cm³/mol. The van der Waals surface area contributed by atoms with Crippen LogP contribution in [0, 0.1) is 22.0 Å². The van der Waals surface area contributed by atoms with Crippen LogP contribution < -0.4 is 16.5 Å². The topological polar surface area (TPSA) is 180 Å². The molecule has 1 heterocycles. The van der Waals surface area contributed by atoms with E-state index in [2.05, 4.69) is 10.3 Å². The van der Waals surface area contributed by atoms with E-state index >= 15 is 0 Å². The van der Waals surface area contributed by atoms with Crippen molar-refractivity contribution < 1.29 is 24.7 Å². The highest BCUT2D eigenvalue weighted by Crippen LogP contribution is 2.18. The molecule has 0 aliphatic carbocycles. The number of guanidine groups is 1.